The number of ether oxygens (including phenoxy) is 3. The van der Waals surface area contributed by atoms with Crippen molar-refractivity contribution in [2.24, 2.45) is 0 Å². The molecule has 2 N–H and O–H groups in total. The molecular formula is C26H31N3O5. The number of benzene rings is 2. The van der Waals surface area contributed by atoms with Gasteiger partial charge in [-0.25, -0.2) is 0 Å². The Kier molecular flexibility index (Phi) is 5.97. The molecule has 1 aromatic heterocycles. The Labute approximate surface area is 199 Å². The van der Waals surface area contributed by atoms with Crippen molar-refractivity contribution in [1.82, 2.24) is 14.8 Å². The van der Waals surface area contributed by atoms with Crippen LogP contribution >= 0.6 is 0 Å². The van der Waals surface area contributed by atoms with Crippen LogP contribution in [0.25, 0.3) is 10.9 Å². The highest BCUT2D eigenvalue weighted by Crippen LogP contribution is 2.49. The number of methoxy groups -OCH3 is 3. The number of amides is 1. The van der Waals surface area contributed by atoms with E-state index in [-0.39, 0.29) is 30.6 Å². The van der Waals surface area contributed by atoms with Crippen LogP contribution in [-0.4, -0.2) is 80.0 Å². The molecule has 8 heteroatoms. The fraction of sp³-hybridized carbons (Fsp3) is 0.423. The van der Waals surface area contributed by atoms with Crippen molar-refractivity contribution in [3.8, 4) is 11.5 Å². The fourth-order valence-corrected chi connectivity index (χ4v) is 5.62. The number of aliphatic hydroxyl groups is 1. The smallest absolute Gasteiger partial charge is 0.248 e. The molecule has 1 fully saturated rings. The van der Waals surface area contributed by atoms with E-state index < -0.39 is 0 Å². The molecule has 0 radical (unpaired) electrons. The van der Waals surface area contributed by atoms with Gasteiger partial charge in [-0.15, -0.1) is 0 Å². The number of hydrogen-bond acceptors (Lipinski definition) is 6. The van der Waals surface area contributed by atoms with Crippen molar-refractivity contribution < 1.29 is 24.1 Å². The highest BCUT2D eigenvalue weighted by Gasteiger charge is 2.53. The highest BCUT2D eigenvalue weighted by molar-refractivity contribution is 5.89. The summed E-state index contributed by atoms with van der Waals surface area (Å²) in [4.78, 5) is 20.3. The minimum atomic E-state index is -0.226. The minimum Gasteiger partial charge on any atom is -0.497 e. The van der Waals surface area contributed by atoms with Crippen LogP contribution in [0, 0.1) is 0 Å². The van der Waals surface area contributed by atoms with E-state index in [9.17, 15) is 9.90 Å². The van der Waals surface area contributed by atoms with Crippen molar-refractivity contribution in [2.45, 2.75) is 18.0 Å². The number of rotatable bonds is 7. The quantitative estimate of drug-likeness (QED) is 0.558. The Hall–Kier alpha value is -3.07. The van der Waals surface area contributed by atoms with Gasteiger partial charge in [-0.05, 0) is 35.4 Å². The first-order valence-electron chi connectivity index (χ1n) is 11.5. The van der Waals surface area contributed by atoms with Gasteiger partial charge in [0, 0.05) is 61.4 Å². The predicted octanol–water partition coefficient (Wildman–Crippen LogP) is 2.46. The van der Waals surface area contributed by atoms with E-state index >= 15 is 0 Å². The Balaban J connectivity index is 1.56. The Morgan fingerprint density at radius 1 is 1.09 bits per heavy atom. The normalized spacial score (nSPS) is 19.2. The lowest BCUT2D eigenvalue weighted by Crippen LogP contribution is -2.67. The predicted molar refractivity (Wildman–Crippen MR) is 128 cm³/mol. The maximum Gasteiger partial charge on any atom is 0.248 e. The van der Waals surface area contributed by atoms with Crippen LogP contribution in [0.1, 0.15) is 22.9 Å². The second-order valence-corrected chi connectivity index (χ2v) is 9.24. The standard InChI is InChI=1S/C26H31N3O5/c1-32-13-23(31)29-15-26(16-29)14-28(11-17-5-4-6-18(9-17)33-2)22(12-30)25-24(26)20-8-7-19(34-3)10-21(20)27-25/h4-10,22,27,30H,11-16H2,1-3H3/t22-/m1/s1. The molecule has 1 saturated heterocycles. The largest absolute Gasteiger partial charge is 0.497 e. The van der Waals surface area contributed by atoms with E-state index in [0.29, 0.717) is 19.6 Å². The Morgan fingerprint density at radius 3 is 2.56 bits per heavy atom. The van der Waals surface area contributed by atoms with Crippen LogP contribution < -0.4 is 9.47 Å². The zero-order valence-electron chi connectivity index (χ0n) is 19.8. The molecule has 1 atom stereocenters. The third kappa shape index (κ3) is 3.72. The second-order valence-electron chi connectivity index (χ2n) is 9.24. The van der Waals surface area contributed by atoms with Crippen LogP contribution in [0.3, 0.4) is 0 Å². The van der Waals surface area contributed by atoms with E-state index in [2.05, 4.69) is 22.0 Å². The topological polar surface area (TPSA) is 87.3 Å². The number of carbonyl (C=O) groups excluding carboxylic acids is 1. The zero-order chi connectivity index (χ0) is 23.9. The maximum absolute atomic E-state index is 12.5. The van der Waals surface area contributed by atoms with Crippen molar-refractivity contribution in [2.75, 3.05) is 54.2 Å². The zero-order valence-corrected chi connectivity index (χ0v) is 19.8. The molecule has 0 bridgehead atoms. The van der Waals surface area contributed by atoms with Gasteiger partial charge in [0.2, 0.25) is 5.91 Å². The summed E-state index contributed by atoms with van der Waals surface area (Å²) in [5.41, 5.74) is 4.08. The molecule has 34 heavy (non-hydrogen) atoms. The van der Waals surface area contributed by atoms with E-state index in [4.69, 9.17) is 14.2 Å². The fourth-order valence-electron chi connectivity index (χ4n) is 5.62. The summed E-state index contributed by atoms with van der Waals surface area (Å²) in [5, 5.41) is 11.6. The highest BCUT2D eigenvalue weighted by atomic mass is 16.5. The Bertz CT molecular complexity index is 1200. The number of likely N-dealkylation sites (tertiary alicyclic amines) is 1. The van der Waals surface area contributed by atoms with E-state index in [1.807, 2.05) is 35.2 Å². The molecule has 180 valence electrons. The van der Waals surface area contributed by atoms with Gasteiger partial charge in [0.05, 0.1) is 26.9 Å². The minimum absolute atomic E-state index is 0.000173. The summed E-state index contributed by atoms with van der Waals surface area (Å²) in [6.07, 6.45) is 0. The van der Waals surface area contributed by atoms with Crippen LogP contribution in [-0.2, 0) is 21.5 Å². The summed E-state index contributed by atoms with van der Waals surface area (Å²) in [5.74, 6) is 1.59. The molecule has 8 nitrogen and oxygen atoms in total. The van der Waals surface area contributed by atoms with Crippen molar-refractivity contribution >= 4 is 16.8 Å². The third-order valence-corrected chi connectivity index (χ3v) is 7.15. The van der Waals surface area contributed by atoms with Crippen molar-refractivity contribution in [1.29, 1.82) is 0 Å². The molecule has 2 aliphatic rings. The van der Waals surface area contributed by atoms with E-state index in [1.165, 1.54) is 5.56 Å². The number of aromatic amines is 1. The number of H-pyrrole nitrogens is 1. The summed E-state index contributed by atoms with van der Waals surface area (Å²) < 4.78 is 15.9. The molecule has 0 saturated carbocycles. The van der Waals surface area contributed by atoms with Gasteiger partial charge in [0.1, 0.15) is 18.1 Å². The summed E-state index contributed by atoms with van der Waals surface area (Å²) in [7, 11) is 4.86. The number of aromatic nitrogens is 1. The molecule has 3 aromatic rings. The van der Waals surface area contributed by atoms with Gasteiger partial charge in [0.15, 0.2) is 0 Å². The van der Waals surface area contributed by atoms with Gasteiger partial charge < -0.3 is 29.2 Å². The van der Waals surface area contributed by atoms with Crippen LogP contribution in [0.15, 0.2) is 42.5 Å². The summed E-state index contributed by atoms with van der Waals surface area (Å²) >= 11 is 0. The van der Waals surface area contributed by atoms with Gasteiger partial charge in [-0.2, -0.15) is 0 Å². The lowest BCUT2D eigenvalue weighted by atomic mass is 9.68. The maximum atomic E-state index is 12.5. The lowest BCUT2D eigenvalue weighted by molar-refractivity contribution is -0.144. The average molecular weight is 466 g/mol. The molecular weight excluding hydrogens is 434 g/mol. The van der Waals surface area contributed by atoms with Crippen LogP contribution in [0.5, 0.6) is 11.5 Å². The summed E-state index contributed by atoms with van der Waals surface area (Å²) in [6, 6.07) is 13.9. The molecule has 2 aliphatic heterocycles. The second kappa shape index (κ2) is 8.94. The number of nitrogens with one attached hydrogen (secondary N) is 1. The lowest BCUT2D eigenvalue weighted by Gasteiger charge is -2.56. The number of hydrogen-bond donors (Lipinski definition) is 2. The number of carbonyl (C=O) groups is 1. The van der Waals surface area contributed by atoms with E-state index in [0.717, 1.165) is 40.2 Å². The number of nitrogens with zero attached hydrogens (tertiary/aromatic N) is 2. The van der Waals surface area contributed by atoms with Gasteiger partial charge in [-0.3, -0.25) is 9.69 Å². The third-order valence-electron chi connectivity index (χ3n) is 7.15. The molecule has 1 spiro atoms. The average Bonchev–Trinajstić information content (AvgIpc) is 3.21. The summed E-state index contributed by atoms with van der Waals surface area (Å²) in [6.45, 7) is 2.71. The molecule has 5 rings (SSSR count). The molecule has 0 unspecified atom stereocenters. The molecule has 0 aliphatic carbocycles. The van der Waals surface area contributed by atoms with Crippen molar-refractivity contribution in [3.05, 3.63) is 59.3 Å². The first kappa shape index (κ1) is 22.7. The first-order valence-corrected chi connectivity index (χ1v) is 11.5. The van der Waals surface area contributed by atoms with Crippen LogP contribution in [0.2, 0.25) is 0 Å². The number of aliphatic hydroxyl groups excluding tert-OH is 1. The Morgan fingerprint density at radius 2 is 1.85 bits per heavy atom. The van der Waals surface area contributed by atoms with Crippen LogP contribution in [0.4, 0.5) is 0 Å². The number of fused-ring (bicyclic) bond motifs is 4. The SMILES string of the molecule is COCC(=O)N1CC2(C1)CN(Cc1cccc(OC)c1)[C@H](CO)c1[nH]c3cc(OC)ccc3c12. The van der Waals surface area contributed by atoms with E-state index in [1.54, 1.807) is 21.3 Å². The van der Waals surface area contributed by atoms with Crippen molar-refractivity contribution in [3.63, 3.8) is 0 Å². The van der Waals surface area contributed by atoms with Gasteiger partial charge in [-0.1, -0.05) is 12.1 Å². The molecule has 3 heterocycles. The van der Waals surface area contributed by atoms with Gasteiger partial charge in [0.25, 0.3) is 0 Å². The molecule has 1 amide bonds. The first-order chi connectivity index (χ1) is 16.5. The monoisotopic (exact) mass is 465 g/mol. The molecule has 2 aromatic carbocycles. The van der Waals surface area contributed by atoms with Gasteiger partial charge >= 0.3 is 0 Å².